The van der Waals surface area contributed by atoms with Gasteiger partial charge in [0.15, 0.2) is 0 Å². The Balaban J connectivity index is 2.37. The van der Waals surface area contributed by atoms with E-state index in [0.29, 0.717) is 5.41 Å². The van der Waals surface area contributed by atoms with Gasteiger partial charge in [-0.3, -0.25) is 0 Å². The molecule has 0 bridgehead atoms. The minimum Gasteiger partial charge on any atom is -0.316 e. The van der Waals surface area contributed by atoms with Crippen molar-refractivity contribution in [2.45, 2.75) is 71.6 Å². The highest BCUT2D eigenvalue weighted by molar-refractivity contribution is 4.77. The molecule has 0 radical (unpaired) electrons. The Morgan fingerprint density at radius 1 is 1.00 bits per heavy atom. The van der Waals surface area contributed by atoms with Gasteiger partial charge in [0.1, 0.15) is 0 Å². The van der Waals surface area contributed by atoms with E-state index in [1.54, 1.807) is 0 Å². The molecule has 15 heavy (non-hydrogen) atoms. The summed E-state index contributed by atoms with van der Waals surface area (Å²) in [6.07, 6.45) is 12.8. The topological polar surface area (TPSA) is 12.0 Å². The molecule has 1 aliphatic rings. The van der Waals surface area contributed by atoms with E-state index in [0.717, 1.165) is 0 Å². The molecule has 0 aromatic carbocycles. The third-order valence-corrected chi connectivity index (χ3v) is 3.79. The highest BCUT2D eigenvalue weighted by atomic mass is 14.9. The number of hydrogen-bond acceptors (Lipinski definition) is 1. The molecule has 1 unspecified atom stereocenters. The summed E-state index contributed by atoms with van der Waals surface area (Å²) in [5.41, 5.74) is 0.569. The summed E-state index contributed by atoms with van der Waals surface area (Å²) in [6.45, 7) is 7.26. The second kappa shape index (κ2) is 7.27. The SMILES string of the molecule is CCCC1(C)CCCCCCCCNC1. The van der Waals surface area contributed by atoms with Crippen molar-refractivity contribution in [2.24, 2.45) is 5.41 Å². The lowest BCUT2D eigenvalue weighted by atomic mass is 9.80. The zero-order chi connectivity index (χ0) is 11.0. The van der Waals surface area contributed by atoms with Crippen LogP contribution in [0.15, 0.2) is 0 Å². The van der Waals surface area contributed by atoms with Crippen molar-refractivity contribution in [1.82, 2.24) is 5.32 Å². The molecule has 0 aliphatic carbocycles. The van der Waals surface area contributed by atoms with Crippen LogP contribution in [-0.4, -0.2) is 13.1 Å². The van der Waals surface area contributed by atoms with Gasteiger partial charge in [0, 0.05) is 6.54 Å². The second-order valence-corrected chi connectivity index (χ2v) is 5.61. The molecule has 0 amide bonds. The van der Waals surface area contributed by atoms with E-state index in [9.17, 15) is 0 Å². The first-order chi connectivity index (χ1) is 7.27. The minimum atomic E-state index is 0.569. The van der Waals surface area contributed by atoms with E-state index in [-0.39, 0.29) is 0 Å². The van der Waals surface area contributed by atoms with Gasteiger partial charge in [0.25, 0.3) is 0 Å². The van der Waals surface area contributed by atoms with Gasteiger partial charge < -0.3 is 5.32 Å². The average molecular weight is 211 g/mol. The lowest BCUT2D eigenvalue weighted by Gasteiger charge is -2.29. The molecule has 0 aromatic rings. The summed E-state index contributed by atoms with van der Waals surface area (Å²) in [6, 6.07) is 0. The minimum absolute atomic E-state index is 0.569. The Morgan fingerprint density at radius 2 is 1.67 bits per heavy atom. The monoisotopic (exact) mass is 211 g/mol. The van der Waals surface area contributed by atoms with E-state index in [1.165, 1.54) is 70.9 Å². The van der Waals surface area contributed by atoms with Crippen LogP contribution in [0, 0.1) is 5.41 Å². The lowest BCUT2D eigenvalue weighted by molar-refractivity contribution is 0.248. The van der Waals surface area contributed by atoms with Crippen LogP contribution in [-0.2, 0) is 0 Å². The third-order valence-electron chi connectivity index (χ3n) is 3.79. The van der Waals surface area contributed by atoms with E-state index in [2.05, 4.69) is 19.2 Å². The summed E-state index contributed by atoms with van der Waals surface area (Å²) < 4.78 is 0. The Bertz CT molecular complexity index is 141. The Morgan fingerprint density at radius 3 is 2.40 bits per heavy atom. The maximum Gasteiger partial charge on any atom is 0.000516 e. The fourth-order valence-corrected chi connectivity index (χ4v) is 2.80. The van der Waals surface area contributed by atoms with Gasteiger partial charge >= 0.3 is 0 Å². The molecule has 1 fully saturated rings. The van der Waals surface area contributed by atoms with Gasteiger partial charge in [0.05, 0.1) is 0 Å². The van der Waals surface area contributed by atoms with Crippen molar-refractivity contribution in [3.05, 3.63) is 0 Å². The van der Waals surface area contributed by atoms with Crippen LogP contribution in [0.3, 0.4) is 0 Å². The first kappa shape index (κ1) is 13.0. The second-order valence-electron chi connectivity index (χ2n) is 5.61. The summed E-state index contributed by atoms with van der Waals surface area (Å²) >= 11 is 0. The fraction of sp³-hybridized carbons (Fsp3) is 1.00. The fourth-order valence-electron chi connectivity index (χ4n) is 2.80. The van der Waals surface area contributed by atoms with Crippen molar-refractivity contribution in [1.29, 1.82) is 0 Å². The van der Waals surface area contributed by atoms with Gasteiger partial charge in [0.2, 0.25) is 0 Å². The summed E-state index contributed by atoms with van der Waals surface area (Å²) in [7, 11) is 0. The maximum atomic E-state index is 3.66. The van der Waals surface area contributed by atoms with Crippen LogP contribution in [0.5, 0.6) is 0 Å². The van der Waals surface area contributed by atoms with Crippen molar-refractivity contribution in [3.63, 3.8) is 0 Å². The summed E-state index contributed by atoms with van der Waals surface area (Å²) in [5.74, 6) is 0. The van der Waals surface area contributed by atoms with E-state index >= 15 is 0 Å². The lowest BCUT2D eigenvalue weighted by Crippen LogP contribution is -2.32. The Hall–Kier alpha value is -0.0400. The Labute approximate surface area is 96.0 Å². The van der Waals surface area contributed by atoms with Gasteiger partial charge in [-0.1, -0.05) is 52.4 Å². The third kappa shape index (κ3) is 5.55. The van der Waals surface area contributed by atoms with Crippen molar-refractivity contribution in [2.75, 3.05) is 13.1 Å². The van der Waals surface area contributed by atoms with Crippen LogP contribution in [0.1, 0.15) is 71.6 Å². The summed E-state index contributed by atoms with van der Waals surface area (Å²) in [4.78, 5) is 0. The molecule has 1 heterocycles. The highest BCUT2D eigenvalue weighted by Crippen LogP contribution is 2.29. The molecular formula is C14H29N. The smallest absolute Gasteiger partial charge is 0.000516 e. The van der Waals surface area contributed by atoms with Crippen LogP contribution in [0.4, 0.5) is 0 Å². The number of nitrogens with one attached hydrogen (secondary N) is 1. The number of hydrogen-bond donors (Lipinski definition) is 1. The standard InChI is InChI=1S/C14H29N/c1-3-10-14(2)11-8-6-4-5-7-9-12-15-13-14/h15H,3-13H2,1-2H3. The van der Waals surface area contributed by atoms with Gasteiger partial charge in [-0.05, 0) is 31.2 Å². The molecule has 0 spiro atoms. The van der Waals surface area contributed by atoms with E-state index in [1.807, 2.05) is 0 Å². The normalized spacial score (nSPS) is 30.8. The first-order valence-corrected chi connectivity index (χ1v) is 6.97. The average Bonchev–Trinajstić information content (AvgIpc) is 2.24. The number of rotatable bonds is 2. The van der Waals surface area contributed by atoms with E-state index < -0.39 is 0 Å². The summed E-state index contributed by atoms with van der Waals surface area (Å²) in [5, 5.41) is 3.66. The predicted molar refractivity (Wildman–Crippen MR) is 68.2 cm³/mol. The molecule has 1 nitrogen and oxygen atoms in total. The van der Waals surface area contributed by atoms with Crippen LogP contribution in [0.2, 0.25) is 0 Å². The molecule has 1 atom stereocenters. The van der Waals surface area contributed by atoms with Gasteiger partial charge in [-0.2, -0.15) is 0 Å². The van der Waals surface area contributed by atoms with Crippen LogP contribution < -0.4 is 5.32 Å². The molecule has 1 saturated heterocycles. The van der Waals surface area contributed by atoms with Gasteiger partial charge in [-0.25, -0.2) is 0 Å². The maximum absolute atomic E-state index is 3.66. The molecule has 0 aromatic heterocycles. The van der Waals surface area contributed by atoms with Crippen molar-refractivity contribution < 1.29 is 0 Å². The molecule has 1 rings (SSSR count). The molecule has 1 N–H and O–H groups in total. The zero-order valence-electron chi connectivity index (χ0n) is 10.8. The van der Waals surface area contributed by atoms with Gasteiger partial charge in [-0.15, -0.1) is 0 Å². The predicted octanol–water partition coefficient (Wildman–Crippen LogP) is 4.13. The molecule has 1 heteroatoms. The molecule has 90 valence electrons. The van der Waals surface area contributed by atoms with Crippen LogP contribution >= 0.6 is 0 Å². The van der Waals surface area contributed by atoms with Crippen molar-refractivity contribution >= 4 is 0 Å². The van der Waals surface area contributed by atoms with E-state index in [4.69, 9.17) is 0 Å². The highest BCUT2D eigenvalue weighted by Gasteiger charge is 2.22. The largest absolute Gasteiger partial charge is 0.316 e. The Kier molecular flexibility index (Phi) is 6.31. The molecule has 1 aliphatic heterocycles. The quantitative estimate of drug-likeness (QED) is 0.724. The zero-order valence-corrected chi connectivity index (χ0v) is 10.8. The molecule has 0 saturated carbocycles. The molecular weight excluding hydrogens is 182 g/mol. The first-order valence-electron chi connectivity index (χ1n) is 6.97. The van der Waals surface area contributed by atoms with Crippen molar-refractivity contribution in [3.8, 4) is 0 Å². The van der Waals surface area contributed by atoms with Crippen LogP contribution in [0.25, 0.3) is 0 Å².